The van der Waals surface area contributed by atoms with Crippen LogP contribution in [0, 0.1) is 0 Å². The highest BCUT2D eigenvalue weighted by molar-refractivity contribution is 6.30. The van der Waals surface area contributed by atoms with E-state index in [1.54, 1.807) is 0 Å². The van der Waals surface area contributed by atoms with Gasteiger partial charge >= 0.3 is 0 Å². The van der Waals surface area contributed by atoms with Crippen LogP contribution >= 0.6 is 11.6 Å². The molecule has 0 fully saturated rings. The first-order chi connectivity index (χ1) is 11.1. The second-order valence-electron chi connectivity index (χ2n) is 5.48. The van der Waals surface area contributed by atoms with Gasteiger partial charge in [0.25, 0.3) is 0 Å². The molecule has 0 spiro atoms. The van der Waals surface area contributed by atoms with Crippen molar-refractivity contribution >= 4 is 28.5 Å². The quantitative estimate of drug-likeness (QED) is 0.780. The molecule has 3 aromatic rings. The molecule has 0 radical (unpaired) electrons. The maximum Gasteiger partial charge on any atom is 0.220 e. The number of nitrogens with one attached hydrogen (secondary N) is 1. The number of para-hydroxylation sites is 2. The summed E-state index contributed by atoms with van der Waals surface area (Å²) in [5.74, 6) is 0.873. The van der Waals surface area contributed by atoms with Gasteiger partial charge in [0.2, 0.25) is 5.91 Å². The average molecular weight is 328 g/mol. The second-order valence-corrected chi connectivity index (χ2v) is 5.92. The molecule has 5 heteroatoms. The van der Waals surface area contributed by atoms with Gasteiger partial charge in [-0.3, -0.25) is 4.79 Å². The van der Waals surface area contributed by atoms with E-state index in [1.807, 2.05) is 60.1 Å². The van der Waals surface area contributed by atoms with Crippen molar-refractivity contribution in [1.29, 1.82) is 0 Å². The van der Waals surface area contributed by atoms with Gasteiger partial charge in [-0.1, -0.05) is 35.9 Å². The zero-order valence-electron chi connectivity index (χ0n) is 12.9. The van der Waals surface area contributed by atoms with Gasteiger partial charge in [0.1, 0.15) is 5.82 Å². The Morgan fingerprint density at radius 1 is 1.17 bits per heavy atom. The number of aryl methyl sites for hydroxylation is 2. The summed E-state index contributed by atoms with van der Waals surface area (Å²) < 4.78 is 2.01. The van der Waals surface area contributed by atoms with Gasteiger partial charge in [-0.05, 0) is 36.2 Å². The number of hydrogen-bond donors (Lipinski definition) is 1. The summed E-state index contributed by atoms with van der Waals surface area (Å²) in [5.41, 5.74) is 3.12. The number of fused-ring (bicyclic) bond motifs is 1. The normalized spacial score (nSPS) is 10.9. The number of imidazole rings is 1. The Bertz CT molecular complexity index is 824. The third kappa shape index (κ3) is 3.71. The molecule has 4 nitrogen and oxygen atoms in total. The van der Waals surface area contributed by atoms with Crippen LogP contribution in [0.4, 0.5) is 0 Å². The van der Waals surface area contributed by atoms with Crippen LogP contribution in [0.15, 0.2) is 48.5 Å². The van der Waals surface area contributed by atoms with E-state index in [-0.39, 0.29) is 5.91 Å². The Morgan fingerprint density at radius 3 is 2.65 bits per heavy atom. The van der Waals surface area contributed by atoms with Crippen LogP contribution in [0.5, 0.6) is 0 Å². The first-order valence-electron chi connectivity index (χ1n) is 7.55. The van der Waals surface area contributed by atoms with Crippen molar-refractivity contribution in [3.05, 3.63) is 64.9 Å². The van der Waals surface area contributed by atoms with Gasteiger partial charge in [0.15, 0.2) is 0 Å². The van der Waals surface area contributed by atoms with Crippen molar-refractivity contribution in [2.75, 3.05) is 0 Å². The van der Waals surface area contributed by atoms with Gasteiger partial charge in [0, 0.05) is 18.5 Å². The fourth-order valence-electron chi connectivity index (χ4n) is 2.53. The van der Waals surface area contributed by atoms with Crippen LogP contribution in [0.1, 0.15) is 17.8 Å². The molecule has 0 aliphatic rings. The van der Waals surface area contributed by atoms with E-state index >= 15 is 0 Å². The van der Waals surface area contributed by atoms with Gasteiger partial charge in [0.05, 0.1) is 17.6 Å². The number of nitrogens with zero attached hydrogens (tertiary/aromatic N) is 2. The Labute approximate surface area is 140 Å². The van der Waals surface area contributed by atoms with Crippen molar-refractivity contribution in [3.8, 4) is 0 Å². The lowest BCUT2D eigenvalue weighted by Crippen LogP contribution is -2.24. The van der Waals surface area contributed by atoms with Gasteiger partial charge in [-0.2, -0.15) is 0 Å². The number of halogens is 1. The Hall–Kier alpha value is -2.33. The topological polar surface area (TPSA) is 46.9 Å². The molecule has 118 valence electrons. The summed E-state index contributed by atoms with van der Waals surface area (Å²) in [4.78, 5) is 16.6. The van der Waals surface area contributed by atoms with Gasteiger partial charge in [-0.15, -0.1) is 0 Å². The number of amides is 1. The third-order valence-corrected chi connectivity index (χ3v) is 4.13. The summed E-state index contributed by atoms with van der Waals surface area (Å²) in [5, 5.41) is 3.64. The molecule has 1 N–H and O–H groups in total. The number of hydrogen-bond acceptors (Lipinski definition) is 2. The molecule has 0 atom stereocenters. The van der Waals surface area contributed by atoms with Crippen molar-refractivity contribution in [3.63, 3.8) is 0 Å². The van der Waals surface area contributed by atoms with Crippen LogP contribution < -0.4 is 5.32 Å². The van der Waals surface area contributed by atoms with E-state index in [4.69, 9.17) is 11.6 Å². The van der Waals surface area contributed by atoms with E-state index in [0.717, 1.165) is 22.4 Å². The number of benzene rings is 2. The van der Waals surface area contributed by atoms with E-state index in [0.29, 0.717) is 24.4 Å². The summed E-state index contributed by atoms with van der Waals surface area (Å²) in [6, 6.07) is 15.5. The minimum atomic E-state index is 0.0204. The Balaban J connectivity index is 1.55. The SMILES string of the molecule is Cn1c(CNC(=O)CCc2ccc(Cl)cc2)nc2ccccc21. The minimum Gasteiger partial charge on any atom is -0.349 e. The highest BCUT2D eigenvalue weighted by Gasteiger charge is 2.08. The van der Waals surface area contributed by atoms with Gasteiger partial charge in [-0.25, -0.2) is 4.98 Å². The fourth-order valence-corrected chi connectivity index (χ4v) is 2.65. The second kappa shape index (κ2) is 6.84. The molecule has 0 aliphatic carbocycles. The lowest BCUT2D eigenvalue weighted by Gasteiger charge is -2.06. The average Bonchev–Trinajstić information content (AvgIpc) is 2.89. The summed E-state index contributed by atoms with van der Waals surface area (Å²) in [7, 11) is 1.96. The van der Waals surface area contributed by atoms with Crippen LogP contribution in [-0.2, 0) is 24.8 Å². The summed E-state index contributed by atoms with van der Waals surface area (Å²) in [6.07, 6.45) is 1.15. The molecule has 0 saturated carbocycles. The van der Waals surface area contributed by atoms with Crippen LogP contribution in [-0.4, -0.2) is 15.5 Å². The number of carbonyl (C=O) groups is 1. The molecule has 0 bridgehead atoms. The molecular formula is C18H18ClN3O. The van der Waals surface area contributed by atoms with Crippen LogP contribution in [0.2, 0.25) is 5.02 Å². The van der Waals surface area contributed by atoms with Crippen LogP contribution in [0.25, 0.3) is 11.0 Å². The molecule has 3 rings (SSSR count). The Kier molecular flexibility index (Phi) is 4.63. The first kappa shape index (κ1) is 15.6. The number of aromatic nitrogens is 2. The molecule has 1 aromatic heterocycles. The first-order valence-corrected chi connectivity index (χ1v) is 7.93. The largest absolute Gasteiger partial charge is 0.349 e. The lowest BCUT2D eigenvalue weighted by molar-refractivity contribution is -0.121. The maximum atomic E-state index is 12.0. The molecule has 1 heterocycles. The van der Waals surface area contributed by atoms with E-state index < -0.39 is 0 Å². The molecular weight excluding hydrogens is 310 g/mol. The van der Waals surface area contributed by atoms with Gasteiger partial charge < -0.3 is 9.88 Å². The Morgan fingerprint density at radius 2 is 1.91 bits per heavy atom. The molecule has 23 heavy (non-hydrogen) atoms. The van der Waals surface area contributed by atoms with Crippen molar-refractivity contribution in [2.24, 2.45) is 7.05 Å². The molecule has 0 aliphatic heterocycles. The third-order valence-electron chi connectivity index (χ3n) is 3.88. The summed E-state index contributed by atoms with van der Waals surface area (Å²) >= 11 is 5.85. The van der Waals surface area contributed by atoms with E-state index in [9.17, 15) is 4.79 Å². The highest BCUT2D eigenvalue weighted by atomic mass is 35.5. The minimum absolute atomic E-state index is 0.0204. The van der Waals surface area contributed by atoms with Crippen LogP contribution in [0.3, 0.4) is 0 Å². The standard InChI is InChI=1S/C18H18ClN3O/c1-22-16-5-3-2-4-15(16)21-17(22)12-20-18(23)11-8-13-6-9-14(19)10-7-13/h2-7,9-10H,8,11-12H2,1H3,(H,20,23). The number of rotatable bonds is 5. The smallest absolute Gasteiger partial charge is 0.220 e. The molecule has 2 aromatic carbocycles. The lowest BCUT2D eigenvalue weighted by atomic mass is 10.1. The molecule has 0 saturated heterocycles. The number of carbonyl (C=O) groups excluding carboxylic acids is 1. The van der Waals surface area contributed by atoms with Crippen molar-refractivity contribution < 1.29 is 4.79 Å². The molecule has 0 unspecified atom stereocenters. The summed E-state index contributed by atoms with van der Waals surface area (Å²) in [6.45, 7) is 0.435. The highest BCUT2D eigenvalue weighted by Crippen LogP contribution is 2.14. The van der Waals surface area contributed by atoms with E-state index in [2.05, 4.69) is 10.3 Å². The fraction of sp³-hybridized carbons (Fsp3) is 0.222. The zero-order valence-corrected chi connectivity index (χ0v) is 13.7. The molecule has 1 amide bonds. The predicted molar refractivity (Wildman–Crippen MR) is 92.3 cm³/mol. The van der Waals surface area contributed by atoms with Crippen molar-refractivity contribution in [1.82, 2.24) is 14.9 Å². The predicted octanol–water partition coefficient (Wildman–Crippen LogP) is 3.48. The monoisotopic (exact) mass is 327 g/mol. The van der Waals surface area contributed by atoms with E-state index in [1.165, 1.54) is 0 Å². The maximum absolute atomic E-state index is 12.0. The zero-order chi connectivity index (χ0) is 16.2. The van der Waals surface area contributed by atoms with Crippen molar-refractivity contribution in [2.45, 2.75) is 19.4 Å².